The van der Waals surface area contributed by atoms with Gasteiger partial charge in [0.05, 0.1) is 5.92 Å². The molecule has 1 saturated heterocycles. The number of aliphatic carboxylic acids is 1. The first kappa shape index (κ1) is 13.1. The van der Waals surface area contributed by atoms with Crippen LogP contribution in [0.3, 0.4) is 0 Å². The number of sulfonamides is 1. The third kappa shape index (κ3) is 1.81. The fraction of sp³-hybridized carbons (Fsp3) is 0.385. The Morgan fingerprint density at radius 2 is 2.10 bits per heavy atom. The summed E-state index contributed by atoms with van der Waals surface area (Å²) < 4.78 is 27.9. The summed E-state index contributed by atoms with van der Waals surface area (Å²) in [6, 6.07) is 6.37. The normalized spacial score (nSPS) is 27.2. The lowest BCUT2D eigenvalue weighted by atomic mass is 10.0. The molecule has 2 unspecified atom stereocenters. The van der Waals surface area contributed by atoms with Crippen LogP contribution >= 0.6 is 0 Å². The number of amidine groups is 1. The van der Waals surface area contributed by atoms with Crippen molar-refractivity contribution in [2.24, 2.45) is 10.3 Å². The lowest BCUT2D eigenvalue weighted by Gasteiger charge is -2.24. The molecular weight excluding hydrogens is 280 g/mol. The van der Waals surface area contributed by atoms with Gasteiger partial charge in [-0.15, -0.1) is 4.40 Å². The van der Waals surface area contributed by atoms with Gasteiger partial charge in [0.1, 0.15) is 4.90 Å². The molecule has 1 aromatic carbocycles. The van der Waals surface area contributed by atoms with E-state index in [4.69, 9.17) is 5.11 Å². The molecule has 1 fully saturated rings. The molecule has 0 aromatic heterocycles. The Morgan fingerprint density at radius 1 is 1.40 bits per heavy atom. The Kier molecular flexibility index (Phi) is 2.82. The van der Waals surface area contributed by atoms with Crippen molar-refractivity contribution in [1.82, 2.24) is 4.90 Å². The Balaban J connectivity index is 2.03. The molecule has 6 nitrogen and oxygen atoms in total. The fourth-order valence-electron chi connectivity index (χ4n) is 2.86. The van der Waals surface area contributed by atoms with E-state index in [9.17, 15) is 13.2 Å². The molecule has 2 atom stereocenters. The molecule has 2 aliphatic heterocycles. The Hall–Kier alpha value is -1.89. The Morgan fingerprint density at radius 3 is 2.75 bits per heavy atom. The number of likely N-dealkylation sites (tertiary alicyclic amines) is 1. The van der Waals surface area contributed by atoms with Crippen LogP contribution in [0.15, 0.2) is 33.6 Å². The summed E-state index contributed by atoms with van der Waals surface area (Å²) >= 11 is 0. The van der Waals surface area contributed by atoms with Crippen LogP contribution < -0.4 is 0 Å². The monoisotopic (exact) mass is 294 g/mol. The van der Waals surface area contributed by atoms with Crippen LogP contribution in [-0.2, 0) is 14.8 Å². The van der Waals surface area contributed by atoms with Crippen molar-refractivity contribution in [2.75, 3.05) is 6.54 Å². The van der Waals surface area contributed by atoms with E-state index in [0.717, 1.165) is 0 Å². The van der Waals surface area contributed by atoms with E-state index >= 15 is 0 Å². The first-order valence-corrected chi connectivity index (χ1v) is 7.79. The summed E-state index contributed by atoms with van der Waals surface area (Å²) in [4.78, 5) is 13.1. The summed E-state index contributed by atoms with van der Waals surface area (Å²) in [5.74, 6) is -0.972. The Labute approximate surface area is 116 Å². The van der Waals surface area contributed by atoms with Crippen molar-refractivity contribution in [3.05, 3.63) is 29.8 Å². The molecule has 1 aromatic rings. The molecule has 0 radical (unpaired) electrons. The third-order valence-corrected chi connectivity index (χ3v) is 5.28. The quantitative estimate of drug-likeness (QED) is 0.832. The minimum absolute atomic E-state index is 0.195. The zero-order valence-corrected chi connectivity index (χ0v) is 11.7. The number of carboxylic acids is 1. The van der Waals surface area contributed by atoms with Crippen LogP contribution in [0.4, 0.5) is 0 Å². The molecule has 2 aliphatic rings. The van der Waals surface area contributed by atoms with Gasteiger partial charge in [-0.2, -0.15) is 8.42 Å². The highest BCUT2D eigenvalue weighted by Gasteiger charge is 2.41. The average molecular weight is 294 g/mol. The second kappa shape index (κ2) is 4.31. The SMILES string of the molecule is CC1C(C(=O)O)CCN1C1=NS(=O)(=O)c2ccccc21. The van der Waals surface area contributed by atoms with Crippen molar-refractivity contribution in [3.63, 3.8) is 0 Å². The summed E-state index contributed by atoms with van der Waals surface area (Å²) in [5, 5.41) is 9.16. The van der Waals surface area contributed by atoms with Crippen LogP contribution in [0.1, 0.15) is 18.9 Å². The largest absolute Gasteiger partial charge is 0.481 e. The van der Waals surface area contributed by atoms with Crippen molar-refractivity contribution in [2.45, 2.75) is 24.3 Å². The zero-order chi connectivity index (χ0) is 14.5. The first-order chi connectivity index (χ1) is 9.42. The van der Waals surface area contributed by atoms with Gasteiger partial charge in [-0.1, -0.05) is 12.1 Å². The molecule has 0 saturated carbocycles. The average Bonchev–Trinajstić information content (AvgIpc) is 2.89. The van der Waals surface area contributed by atoms with Gasteiger partial charge in [0.15, 0.2) is 5.84 Å². The van der Waals surface area contributed by atoms with E-state index in [1.807, 2.05) is 0 Å². The van der Waals surface area contributed by atoms with E-state index < -0.39 is 21.9 Å². The predicted molar refractivity (Wildman–Crippen MR) is 72.1 cm³/mol. The van der Waals surface area contributed by atoms with Crippen LogP contribution in [0.5, 0.6) is 0 Å². The van der Waals surface area contributed by atoms with Crippen molar-refractivity contribution in [3.8, 4) is 0 Å². The lowest BCUT2D eigenvalue weighted by molar-refractivity contribution is -0.142. The maximum atomic E-state index is 12.0. The van der Waals surface area contributed by atoms with E-state index in [-0.39, 0.29) is 10.9 Å². The van der Waals surface area contributed by atoms with Gasteiger partial charge < -0.3 is 10.0 Å². The van der Waals surface area contributed by atoms with Crippen molar-refractivity contribution < 1.29 is 18.3 Å². The predicted octanol–water partition coefficient (Wildman–Crippen LogP) is 0.930. The zero-order valence-electron chi connectivity index (χ0n) is 10.9. The number of rotatable bonds is 1. The molecular formula is C13H14N2O4S. The van der Waals surface area contributed by atoms with Crippen molar-refractivity contribution in [1.29, 1.82) is 0 Å². The van der Waals surface area contributed by atoms with Crippen LogP contribution in [0.2, 0.25) is 0 Å². The summed E-state index contributed by atoms with van der Waals surface area (Å²) in [7, 11) is -3.65. The standard InChI is InChI=1S/C13H14N2O4S/c1-8-9(13(16)17)6-7-15(8)12-10-4-2-3-5-11(10)20(18,19)14-12/h2-5,8-9H,6-7H2,1H3,(H,16,17). The Bertz CT molecular complexity index is 711. The highest BCUT2D eigenvalue weighted by atomic mass is 32.2. The number of carbonyl (C=O) groups is 1. The molecule has 1 N–H and O–H groups in total. The van der Waals surface area contributed by atoms with Gasteiger partial charge in [-0.25, -0.2) is 0 Å². The van der Waals surface area contributed by atoms with E-state index in [1.165, 1.54) is 6.07 Å². The number of hydrogen-bond donors (Lipinski definition) is 1. The minimum Gasteiger partial charge on any atom is -0.481 e. The van der Waals surface area contributed by atoms with Gasteiger partial charge in [0.2, 0.25) is 0 Å². The molecule has 0 aliphatic carbocycles. The molecule has 3 rings (SSSR count). The van der Waals surface area contributed by atoms with Crippen LogP contribution in [-0.4, -0.2) is 42.8 Å². The summed E-state index contributed by atoms with van der Waals surface area (Å²) in [6.45, 7) is 2.29. The van der Waals surface area contributed by atoms with E-state index in [0.29, 0.717) is 24.4 Å². The highest BCUT2D eigenvalue weighted by Crippen LogP contribution is 2.32. The maximum absolute atomic E-state index is 12.0. The number of carboxylic acid groups (broad SMARTS) is 1. The summed E-state index contributed by atoms with van der Waals surface area (Å²) in [5.41, 5.74) is 0.561. The van der Waals surface area contributed by atoms with E-state index in [1.54, 1.807) is 30.0 Å². The number of benzene rings is 1. The number of fused-ring (bicyclic) bond motifs is 1. The number of hydrogen-bond acceptors (Lipinski definition) is 4. The van der Waals surface area contributed by atoms with Crippen molar-refractivity contribution >= 4 is 21.8 Å². The number of nitrogens with zero attached hydrogens (tertiary/aromatic N) is 2. The third-order valence-electron chi connectivity index (χ3n) is 3.96. The fourth-order valence-corrected chi connectivity index (χ4v) is 4.08. The van der Waals surface area contributed by atoms with Gasteiger partial charge in [0, 0.05) is 18.2 Å². The lowest BCUT2D eigenvalue weighted by Crippen LogP contribution is -2.37. The van der Waals surface area contributed by atoms with Gasteiger partial charge in [0.25, 0.3) is 10.0 Å². The minimum atomic E-state index is -3.65. The topological polar surface area (TPSA) is 87.0 Å². The molecule has 0 spiro atoms. The molecule has 106 valence electrons. The van der Waals surface area contributed by atoms with Gasteiger partial charge in [-0.05, 0) is 25.5 Å². The van der Waals surface area contributed by atoms with E-state index in [2.05, 4.69) is 4.40 Å². The maximum Gasteiger partial charge on any atom is 0.308 e. The first-order valence-electron chi connectivity index (χ1n) is 6.35. The van der Waals surface area contributed by atoms with Gasteiger partial charge >= 0.3 is 5.97 Å². The molecule has 20 heavy (non-hydrogen) atoms. The smallest absolute Gasteiger partial charge is 0.308 e. The molecule has 7 heteroatoms. The van der Waals surface area contributed by atoms with Crippen LogP contribution in [0.25, 0.3) is 0 Å². The molecule has 2 heterocycles. The molecule has 0 bridgehead atoms. The second-order valence-corrected chi connectivity index (χ2v) is 6.63. The summed E-state index contributed by atoms with van der Waals surface area (Å²) in [6.07, 6.45) is 0.498. The molecule has 0 amide bonds. The van der Waals surface area contributed by atoms with Gasteiger partial charge in [-0.3, -0.25) is 4.79 Å². The van der Waals surface area contributed by atoms with Crippen LogP contribution in [0, 0.1) is 5.92 Å². The second-order valence-electron chi connectivity index (χ2n) is 5.05. The highest BCUT2D eigenvalue weighted by molar-refractivity contribution is 7.90.